The van der Waals surface area contributed by atoms with E-state index in [9.17, 15) is 8.78 Å². The number of benzene rings is 1. The summed E-state index contributed by atoms with van der Waals surface area (Å²) < 4.78 is 31.3. The highest BCUT2D eigenvalue weighted by Gasteiger charge is 2.26. The van der Waals surface area contributed by atoms with Crippen LogP contribution in [0, 0.1) is 11.6 Å². The first-order valence-electron chi connectivity index (χ1n) is 4.96. The lowest BCUT2D eigenvalue weighted by Gasteiger charge is -2.32. The Bertz CT molecular complexity index is 350. The van der Waals surface area contributed by atoms with Gasteiger partial charge in [0.25, 0.3) is 0 Å². The Kier molecular flexibility index (Phi) is 2.98. The van der Waals surface area contributed by atoms with Gasteiger partial charge in [0.1, 0.15) is 11.6 Å². The van der Waals surface area contributed by atoms with Gasteiger partial charge in [0.15, 0.2) is 0 Å². The fraction of sp³-hybridized carbons (Fsp3) is 0.455. The van der Waals surface area contributed by atoms with Gasteiger partial charge < -0.3 is 10.5 Å². The zero-order chi connectivity index (χ0) is 10.8. The van der Waals surface area contributed by atoms with Gasteiger partial charge in [0.05, 0.1) is 12.7 Å². The molecule has 2 N–H and O–H groups in total. The van der Waals surface area contributed by atoms with Gasteiger partial charge in [-0.15, -0.1) is 0 Å². The largest absolute Gasteiger partial charge is 0.373 e. The zero-order valence-corrected chi connectivity index (χ0v) is 8.25. The van der Waals surface area contributed by atoms with E-state index in [4.69, 9.17) is 10.5 Å². The second-order valence-corrected chi connectivity index (χ2v) is 3.90. The van der Waals surface area contributed by atoms with Crippen LogP contribution in [0.25, 0.3) is 0 Å². The summed E-state index contributed by atoms with van der Waals surface area (Å²) in [6, 6.07) is 3.57. The van der Waals surface area contributed by atoms with Crippen molar-refractivity contribution in [3.05, 3.63) is 35.4 Å². The van der Waals surface area contributed by atoms with Crippen LogP contribution in [0.3, 0.4) is 0 Å². The van der Waals surface area contributed by atoms with E-state index in [-0.39, 0.29) is 24.3 Å². The molecule has 1 aliphatic carbocycles. The van der Waals surface area contributed by atoms with Crippen LogP contribution >= 0.6 is 0 Å². The molecule has 1 aliphatic rings. The van der Waals surface area contributed by atoms with Crippen molar-refractivity contribution in [1.82, 2.24) is 0 Å². The quantitative estimate of drug-likeness (QED) is 0.833. The Balaban J connectivity index is 1.90. The Hall–Kier alpha value is -1.00. The molecule has 2 nitrogen and oxygen atoms in total. The van der Waals surface area contributed by atoms with E-state index < -0.39 is 11.6 Å². The Morgan fingerprint density at radius 1 is 1.33 bits per heavy atom. The maximum Gasteiger partial charge on any atom is 0.128 e. The number of rotatable bonds is 3. The predicted octanol–water partition coefficient (Wildman–Crippen LogP) is 1.97. The molecule has 4 heteroatoms. The van der Waals surface area contributed by atoms with Crippen molar-refractivity contribution in [3.63, 3.8) is 0 Å². The first-order chi connectivity index (χ1) is 7.15. The summed E-state index contributed by atoms with van der Waals surface area (Å²) in [7, 11) is 0. The van der Waals surface area contributed by atoms with Gasteiger partial charge in [-0.25, -0.2) is 8.78 Å². The molecule has 0 aromatic heterocycles. The molecule has 1 saturated carbocycles. The monoisotopic (exact) mass is 213 g/mol. The van der Waals surface area contributed by atoms with Crippen molar-refractivity contribution in [2.45, 2.75) is 31.6 Å². The summed E-state index contributed by atoms with van der Waals surface area (Å²) >= 11 is 0. The summed E-state index contributed by atoms with van der Waals surface area (Å²) in [4.78, 5) is 0. The van der Waals surface area contributed by atoms with Gasteiger partial charge in [0, 0.05) is 11.6 Å². The fourth-order valence-corrected chi connectivity index (χ4v) is 1.60. The van der Waals surface area contributed by atoms with Crippen LogP contribution in [0.2, 0.25) is 0 Å². The van der Waals surface area contributed by atoms with Gasteiger partial charge in [-0.3, -0.25) is 0 Å². The van der Waals surface area contributed by atoms with Crippen LogP contribution < -0.4 is 5.73 Å². The van der Waals surface area contributed by atoms with Gasteiger partial charge in [0.2, 0.25) is 0 Å². The second-order valence-electron chi connectivity index (χ2n) is 3.90. The maximum atomic E-state index is 13.1. The minimum atomic E-state index is -0.444. The van der Waals surface area contributed by atoms with E-state index in [1.165, 1.54) is 0 Å². The third-order valence-corrected chi connectivity index (χ3v) is 2.61. The third-order valence-electron chi connectivity index (χ3n) is 2.61. The standard InChI is InChI=1S/C11H13F2NO/c12-8-1-2-11(13)7(3-8)6-15-10-4-9(14)5-10/h1-3,9-10H,4-6,14H2. The highest BCUT2D eigenvalue weighted by molar-refractivity contribution is 5.17. The van der Waals surface area contributed by atoms with E-state index in [0.717, 1.165) is 31.0 Å². The minimum Gasteiger partial charge on any atom is -0.373 e. The summed E-state index contributed by atoms with van der Waals surface area (Å²) in [5.41, 5.74) is 5.84. The minimum absolute atomic E-state index is 0.0997. The SMILES string of the molecule is NC1CC(OCc2cc(F)ccc2F)C1. The van der Waals surface area contributed by atoms with Crippen LogP contribution in [0.1, 0.15) is 18.4 Å². The highest BCUT2D eigenvalue weighted by Crippen LogP contribution is 2.23. The Morgan fingerprint density at radius 3 is 2.73 bits per heavy atom. The Morgan fingerprint density at radius 2 is 2.07 bits per heavy atom. The first-order valence-corrected chi connectivity index (χ1v) is 4.96. The van der Waals surface area contributed by atoms with Gasteiger partial charge in [-0.2, -0.15) is 0 Å². The predicted molar refractivity (Wildman–Crippen MR) is 52.1 cm³/mol. The molecule has 0 spiro atoms. The number of ether oxygens (including phenoxy) is 1. The lowest BCUT2D eigenvalue weighted by atomic mass is 9.90. The molecule has 15 heavy (non-hydrogen) atoms. The normalized spacial score (nSPS) is 25.0. The molecular formula is C11H13F2NO. The third kappa shape index (κ3) is 2.52. The number of nitrogens with two attached hydrogens (primary N) is 1. The van der Waals surface area contributed by atoms with Crippen LogP contribution in [-0.2, 0) is 11.3 Å². The molecule has 1 aromatic rings. The van der Waals surface area contributed by atoms with Crippen LogP contribution in [0.5, 0.6) is 0 Å². The molecule has 0 atom stereocenters. The van der Waals surface area contributed by atoms with Crippen LogP contribution in [0.4, 0.5) is 8.78 Å². The van der Waals surface area contributed by atoms with Gasteiger partial charge >= 0.3 is 0 Å². The van der Waals surface area contributed by atoms with E-state index in [1.54, 1.807) is 0 Å². The number of hydrogen-bond acceptors (Lipinski definition) is 2. The summed E-state index contributed by atoms with van der Waals surface area (Å²) in [5.74, 6) is -0.875. The summed E-state index contributed by atoms with van der Waals surface area (Å²) in [6.45, 7) is 0.112. The van der Waals surface area contributed by atoms with E-state index in [2.05, 4.69) is 0 Å². The Labute approximate surface area is 87.0 Å². The van der Waals surface area contributed by atoms with Crippen molar-refractivity contribution in [2.75, 3.05) is 0 Å². The molecule has 82 valence electrons. The molecule has 1 fully saturated rings. The average molecular weight is 213 g/mol. The van der Waals surface area contributed by atoms with Gasteiger partial charge in [-0.1, -0.05) is 0 Å². The van der Waals surface area contributed by atoms with Crippen LogP contribution in [-0.4, -0.2) is 12.1 Å². The van der Waals surface area contributed by atoms with Gasteiger partial charge in [-0.05, 0) is 31.0 Å². The summed E-state index contributed by atoms with van der Waals surface area (Å²) in [5, 5.41) is 0. The lowest BCUT2D eigenvalue weighted by molar-refractivity contribution is -0.0199. The van der Waals surface area contributed by atoms with Crippen molar-refractivity contribution in [1.29, 1.82) is 0 Å². The second kappa shape index (κ2) is 4.24. The number of halogens is 2. The highest BCUT2D eigenvalue weighted by atomic mass is 19.1. The molecule has 0 bridgehead atoms. The topological polar surface area (TPSA) is 35.2 Å². The van der Waals surface area contributed by atoms with E-state index in [1.807, 2.05) is 0 Å². The fourth-order valence-electron chi connectivity index (χ4n) is 1.60. The first kappa shape index (κ1) is 10.5. The zero-order valence-electron chi connectivity index (χ0n) is 8.25. The number of hydrogen-bond donors (Lipinski definition) is 1. The maximum absolute atomic E-state index is 13.1. The van der Waals surface area contributed by atoms with E-state index >= 15 is 0 Å². The smallest absolute Gasteiger partial charge is 0.128 e. The van der Waals surface area contributed by atoms with Crippen molar-refractivity contribution >= 4 is 0 Å². The molecule has 0 saturated heterocycles. The summed E-state index contributed by atoms with van der Waals surface area (Å²) in [6.07, 6.45) is 1.70. The molecule has 0 unspecified atom stereocenters. The van der Waals surface area contributed by atoms with Crippen molar-refractivity contribution < 1.29 is 13.5 Å². The molecule has 0 heterocycles. The molecule has 1 aromatic carbocycles. The molecule has 0 radical (unpaired) electrons. The van der Waals surface area contributed by atoms with Crippen molar-refractivity contribution in [3.8, 4) is 0 Å². The molecule has 2 rings (SSSR count). The van der Waals surface area contributed by atoms with Crippen molar-refractivity contribution in [2.24, 2.45) is 5.73 Å². The molecular weight excluding hydrogens is 200 g/mol. The average Bonchev–Trinajstić information content (AvgIpc) is 2.16. The molecule has 0 amide bonds. The van der Waals surface area contributed by atoms with Crippen LogP contribution in [0.15, 0.2) is 18.2 Å². The molecule has 0 aliphatic heterocycles. The van der Waals surface area contributed by atoms with E-state index in [0.29, 0.717) is 0 Å². The lowest BCUT2D eigenvalue weighted by Crippen LogP contribution is -2.41.